The molecule has 2 aromatic carbocycles. The molecule has 3 unspecified atom stereocenters. The van der Waals surface area contributed by atoms with E-state index >= 15 is 0 Å². The third-order valence-electron chi connectivity index (χ3n) is 6.15. The van der Waals surface area contributed by atoms with Gasteiger partial charge in [0, 0.05) is 30.2 Å². The second-order valence-electron chi connectivity index (χ2n) is 8.96. The van der Waals surface area contributed by atoms with Crippen molar-refractivity contribution < 1.29 is 17.9 Å². The normalized spacial score (nSPS) is 25.0. The van der Waals surface area contributed by atoms with Crippen LogP contribution in [0.3, 0.4) is 0 Å². The Kier molecular flexibility index (Phi) is 6.91. The Hall–Kier alpha value is -1.93. The summed E-state index contributed by atoms with van der Waals surface area (Å²) in [4.78, 5) is 15.1. The Bertz CT molecular complexity index is 1060. The number of carbonyl (C=O) groups is 1. The van der Waals surface area contributed by atoms with Gasteiger partial charge in [0.05, 0.1) is 18.0 Å². The van der Waals surface area contributed by atoms with Crippen LogP contribution < -0.4 is 0 Å². The lowest BCUT2D eigenvalue weighted by Crippen LogP contribution is -2.43. The van der Waals surface area contributed by atoms with Crippen LogP contribution in [0.5, 0.6) is 0 Å². The number of ether oxygens (including phenoxy) is 1. The van der Waals surface area contributed by atoms with Crippen LogP contribution in [0, 0.1) is 11.8 Å². The lowest BCUT2D eigenvalue weighted by molar-refractivity contribution is -0.0228. The van der Waals surface area contributed by atoms with Crippen molar-refractivity contribution in [1.29, 1.82) is 0 Å². The summed E-state index contributed by atoms with van der Waals surface area (Å²) in [5.41, 5.74) is 1.33. The SMILES string of the molecule is CC1CC(C)CN(S(=O)(=O)c2cccc(C(=O)N3CCOC(c4ccc(Cl)cc4)C3)c2)C1. The highest BCUT2D eigenvalue weighted by Gasteiger charge is 2.32. The number of hydrogen-bond acceptors (Lipinski definition) is 4. The standard InChI is InChI=1S/C24H29ClN2O4S/c1-17-12-18(2)15-27(14-17)32(29,30)22-5-3-4-20(13-22)24(28)26-10-11-31-23(16-26)19-6-8-21(25)9-7-19/h3-9,13,17-18,23H,10-12,14-16H2,1-2H3. The van der Waals surface area contributed by atoms with Gasteiger partial charge in [-0.3, -0.25) is 4.79 Å². The molecule has 4 rings (SSSR count). The molecule has 0 N–H and O–H groups in total. The third-order valence-corrected chi connectivity index (χ3v) is 8.23. The van der Waals surface area contributed by atoms with Crippen molar-refractivity contribution in [2.75, 3.05) is 32.8 Å². The zero-order chi connectivity index (χ0) is 22.9. The van der Waals surface area contributed by atoms with Crippen molar-refractivity contribution in [2.45, 2.75) is 31.3 Å². The van der Waals surface area contributed by atoms with Crippen molar-refractivity contribution in [3.63, 3.8) is 0 Å². The quantitative estimate of drug-likeness (QED) is 0.662. The summed E-state index contributed by atoms with van der Waals surface area (Å²) in [6, 6.07) is 13.8. The summed E-state index contributed by atoms with van der Waals surface area (Å²) in [5.74, 6) is 0.442. The number of hydrogen-bond donors (Lipinski definition) is 0. The van der Waals surface area contributed by atoms with Crippen molar-refractivity contribution >= 4 is 27.5 Å². The van der Waals surface area contributed by atoms with E-state index in [4.69, 9.17) is 16.3 Å². The lowest BCUT2D eigenvalue weighted by Gasteiger charge is -2.34. The highest BCUT2D eigenvalue weighted by molar-refractivity contribution is 7.89. The summed E-state index contributed by atoms with van der Waals surface area (Å²) in [6.45, 7) is 6.45. The first-order chi connectivity index (χ1) is 15.2. The molecule has 0 bridgehead atoms. The Labute approximate surface area is 195 Å². The zero-order valence-electron chi connectivity index (χ0n) is 18.4. The molecule has 2 fully saturated rings. The predicted octanol–water partition coefficient (Wildman–Crippen LogP) is 4.22. The van der Waals surface area contributed by atoms with Crippen LogP contribution in [0.4, 0.5) is 0 Å². The van der Waals surface area contributed by atoms with Gasteiger partial charge >= 0.3 is 0 Å². The molecule has 8 heteroatoms. The Morgan fingerprint density at radius 3 is 2.41 bits per heavy atom. The average molecular weight is 477 g/mol. The molecular formula is C24H29ClN2O4S. The van der Waals surface area contributed by atoms with Gasteiger partial charge in [0.25, 0.3) is 5.91 Å². The molecule has 2 aliphatic rings. The lowest BCUT2D eigenvalue weighted by atomic mass is 9.94. The van der Waals surface area contributed by atoms with E-state index in [1.165, 1.54) is 6.07 Å². The minimum Gasteiger partial charge on any atom is -0.370 e. The van der Waals surface area contributed by atoms with Crippen LogP contribution in [-0.4, -0.2) is 56.3 Å². The van der Waals surface area contributed by atoms with Crippen LogP contribution in [-0.2, 0) is 14.8 Å². The van der Waals surface area contributed by atoms with E-state index in [0.29, 0.717) is 55.2 Å². The van der Waals surface area contributed by atoms with Gasteiger partial charge < -0.3 is 9.64 Å². The highest BCUT2D eigenvalue weighted by Crippen LogP contribution is 2.28. The maximum Gasteiger partial charge on any atom is 0.254 e. The number of sulfonamides is 1. The zero-order valence-corrected chi connectivity index (χ0v) is 20.0. The number of piperidine rings is 1. The molecule has 172 valence electrons. The van der Waals surface area contributed by atoms with Gasteiger partial charge in [0.15, 0.2) is 0 Å². The van der Waals surface area contributed by atoms with Crippen molar-refractivity contribution in [3.8, 4) is 0 Å². The van der Waals surface area contributed by atoms with E-state index in [9.17, 15) is 13.2 Å². The second kappa shape index (κ2) is 9.51. The summed E-state index contributed by atoms with van der Waals surface area (Å²) in [6.07, 6.45) is 0.782. The number of nitrogens with zero attached hydrogens (tertiary/aromatic N) is 2. The molecule has 0 saturated carbocycles. The fourth-order valence-electron chi connectivity index (χ4n) is 4.64. The largest absolute Gasteiger partial charge is 0.370 e. The molecule has 6 nitrogen and oxygen atoms in total. The maximum absolute atomic E-state index is 13.3. The maximum atomic E-state index is 13.3. The number of halogens is 1. The molecule has 2 saturated heterocycles. The van der Waals surface area contributed by atoms with Crippen molar-refractivity contribution in [2.24, 2.45) is 11.8 Å². The van der Waals surface area contributed by atoms with Gasteiger partial charge in [-0.15, -0.1) is 0 Å². The van der Waals surface area contributed by atoms with Gasteiger partial charge in [-0.2, -0.15) is 4.31 Å². The number of benzene rings is 2. The van der Waals surface area contributed by atoms with Crippen LogP contribution >= 0.6 is 11.6 Å². The summed E-state index contributed by atoms with van der Waals surface area (Å²) in [7, 11) is -3.65. The molecule has 3 atom stereocenters. The number of amides is 1. The Balaban J connectivity index is 1.52. The summed E-state index contributed by atoms with van der Waals surface area (Å²) >= 11 is 5.98. The summed E-state index contributed by atoms with van der Waals surface area (Å²) in [5, 5.41) is 0.646. The van der Waals surface area contributed by atoms with Crippen LogP contribution in [0.2, 0.25) is 5.02 Å². The number of carbonyl (C=O) groups excluding carboxylic acids is 1. The number of morpholine rings is 1. The summed E-state index contributed by atoms with van der Waals surface area (Å²) < 4.78 is 33.9. The molecule has 0 spiro atoms. The van der Waals surface area contributed by atoms with E-state index < -0.39 is 10.0 Å². The van der Waals surface area contributed by atoms with Gasteiger partial charge in [-0.1, -0.05) is 43.6 Å². The minimum absolute atomic E-state index is 0.173. The molecule has 2 aromatic rings. The molecule has 2 aliphatic heterocycles. The monoisotopic (exact) mass is 476 g/mol. The van der Waals surface area contributed by atoms with E-state index in [1.807, 2.05) is 12.1 Å². The van der Waals surface area contributed by atoms with Gasteiger partial charge in [-0.05, 0) is 54.2 Å². The van der Waals surface area contributed by atoms with E-state index in [0.717, 1.165) is 12.0 Å². The first-order valence-electron chi connectivity index (χ1n) is 11.0. The van der Waals surface area contributed by atoms with Gasteiger partial charge in [0.1, 0.15) is 6.10 Å². The Morgan fingerprint density at radius 1 is 1.03 bits per heavy atom. The van der Waals surface area contributed by atoms with Crippen LogP contribution in [0.1, 0.15) is 42.3 Å². The van der Waals surface area contributed by atoms with Crippen LogP contribution in [0.25, 0.3) is 0 Å². The fourth-order valence-corrected chi connectivity index (χ4v) is 6.49. The van der Waals surface area contributed by atoms with Crippen molar-refractivity contribution in [3.05, 3.63) is 64.7 Å². The topological polar surface area (TPSA) is 66.9 Å². The molecule has 0 radical (unpaired) electrons. The minimum atomic E-state index is -3.65. The molecule has 2 heterocycles. The average Bonchev–Trinajstić information content (AvgIpc) is 2.78. The first kappa shape index (κ1) is 23.2. The van der Waals surface area contributed by atoms with E-state index in [1.54, 1.807) is 39.5 Å². The Morgan fingerprint density at radius 2 is 1.72 bits per heavy atom. The van der Waals surface area contributed by atoms with Gasteiger partial charge in [-0.25, -0.2) is 8.42 Å². The predicted molar refractivity (Wildman–Crippen MR) is 124 cm³/mol. The van der Waals surface area contributed by atoms with Crippen molar-refractivity contribution in [1.82, 2.24) is 9.21 Å². The molecule has 0 aromatic heterocycles. The molecule has 32 heavy (non-hydrogen) atoms. The van der Waals surface area contributed by atoms with E-state index in [2.05, 4.69) is 13.8 Å². The fraction of sp³-hybridized carbons (Fsp3) is 0.458. The number of rotatable bonds is 4. The molecular weight excluding hydrogens is 448 g/mol. The third kappa shape index (κ3) is 5.01. The molecule has 1 amide bonds. The highest BCUT2D eigenvalue weighted by atomic mass is 35.5. The molecule has 0 aliphatic carbocycles. The first-order valence-corrected chi connectivity index (χ1v) is 12.8. The second-order valence-corrected chi connectivity index (χ2v) is 11.3. The van der Waals surface area contributed by atoms with Crippen LogP contribution in [0.15, 0.2) is 53.4 Å². The smallest absolute Gasteiger partial charge is 0.254 e. The van der Waals surface area contributed by atoms with Gasteiger partial charge in [0.2, 0.25) is 10.0 Å². The van der Waals surface area contributed by atoms with E-state index in [-0.39, 0.29) is 16.9 Å².